The number of benzene rings is 1. The van der Waals surface area contributed by atoms with Crippen LogP contribution in [0.5, 0.6) is 0 Å². The molecule has 1 aromatic heterocycles. The zero-order valence-corrected chi connectivity index (χ0v) is 12.9. The van der Waals surface area contributed by atoms with Gasteiger partial charge in [0, 0.05) is 23.8 Å². The minimum atomic E-state index is 0.484. The first kappa shape index (κ1) is 13.6. The Labute approximate surface area is 124 Å². The van der Waals surface area contributed by atoms with Crippen molar-refractivity contribution in [2.45, 2.75) is 25.8 Å². The predicted octanol–water partition coefficient (Wildman–Crippen LogP) is 3.83. The lowest BCUT2D eigenvalue weighted by atomic mass is 10.0. The number of hydrogen-bond acceptors (Lipinski definition) is 3. The molecule has 0 spiro atoms. The number of fused-ring (bicyclic) bond motifs is 1. The van der Waals surface area contributed by atoms with Crippen LogP contribution < -0.4 is 5.32 Å². The van der Waals surface area contributed by atoms with Crippen LogP contribution in [0.3, 0.4) is 0 Å². The Balaban J connectivity index is 1.96. The summed E-state index contributed by atoms with van der Waals surface area (Å²) in [6, 6.07) is 7.06. The average molecular weight is 287 g/mol. The Morgan fingerprint density at radius 1 is 1.45 bits per heavy atom. The number of rotatable bonds is 5. The van der Waals surface area contributed by atoms with E-state index in [1.165, 1.54) is 34.7 Å². The second-order valence-corrected chi connectivity index (χ2v) is 6.32. The van der Waals surface area contributed by atoms with E-state index in [4.69, 9.17) is 0 Å². The Morgan fingerprint density at radius 3 is 3.20 bits per heavy atom. The summed E-state index contributed by atoms with van der Waals surface area (Å²) in [7, 11) is 0. The molecule has 0 amide bonds. The minimum absolute atomic E-state index is 0.484. The van der Waals surface area contributed by atoms with Crippen molar-refractivity contribution in [3.05, 3.63) is 36.3 Å². The maximum absolute atomic E-state index is 4.38. The maximum Gasteiger partial charge on any atom is 0.0953 e. The standard InChI is InChI=1S/C16H21N3S/c1-12(7-9-20-2)19-11-17-10-15(19)14-5-3-4-13-6-8-18-16(13)14/h3-5,10-12,18H,6-9H2,1-2H3. The van der Waals surface area contributed by atoms with Gasteiger partial charge in [0.15, 0.2) is 0 Å². The number of hydrogen-bond donors (Lipinski definition) is 1. The lowest BCUT2D eigenvalue weighted by Gasteiger charge is -2.18. The first-order chi connectivity index (χ1) is 9.81. The first-order valence-electron chi connectivity index (χ1n) is 7.18. The van der Waals surface area contributed by atoms with Gasteiger partial charge in [0.25, 0.3) is 0 Å². The highest BCUT2D eigenvalue weighted by atomic mass is 32.2. The number of para-hydroxylation sites is 1. The van der Waals surface area contributed by atoms with E-state index in [0.29, 0.717) is 6.04 Å². The van der Waals surface area contributed by atoms with E-state index in [2.05, 4.69) is 46.2 Å². The number of nitrogens with one attached hydrogen (secondary N) is 1. The van der Waals surface area contributed by atoms with Crippen molar-refractivity contribution in [1.29, 1.82) is 0 Å². The van der Waals surface area contributed by atoms with Gasteiger partial charge in [-0.3, -0.25) is 0 Å². The Kier molecular flexibility index (Phi) is 4.01. The van der Waals surface area contributed by atoms with E-state index in [9.17, 15) is 0 Å². The van der Waals surface area contributed by atoms with Crippen LogP contribution in [-0.2, 0) is 6.42 Å². The van der Waals surface area contributed by atoms with E-state index < -0.39 is 0 Å². The van der Waals surface area contributed by atoms with Gasteiger partial charge in [-0.1, -0.05) is 18.2 Å². The molecule has 0 fully saturated rings. The van der Waals surface area contributed by atoms with Crippen molar-refractivity contribution in [2.75, 3.05) is 23.9 Å². The number of imidazole rings is 1. The zero-order chi connectivity index (χ0) is 13.9. The molecule has 1 N–H and O–H groups in total. The van der Waals surface area contributed by atoms with Crippen molar-refractivity contribution >= 4 is 17.4 Å². The summed E-state index contributed by atoms with van der Waals surface area (Å²) in [5, 5.41) is 3.52. The Bertz CT molecular complexity index is 591. The molecule has 4 heteroatoms. The summed E-state index contributed by atoms with van der Waals surface area (Å²) in [4.78, 5) is 4.38. The number of nitrogens with zero attached hydrogens (tertiary/aromatic N) is 2. The summed E-state index contributed by atoms with van der Waals surface area (Å²) in [6.07, 6.45) is 8.42. The normalized spacial score (nSPS) is 14.9. The molecular weight excluding hydrogens is 266 g/mol. The molecule has 1 aliphatic rings. The third kappa shape index (κ3) is 2.44. The summed E-state index contributed by atoms with van der Waals surface area (Å²) >= 11 is 1.90. The average Bonchev–Trinajstić information content (AvgIpc) is 3.12. The fourth-order valence-electron chi connectivity index (χ4n) is 2.84. The van der Waals surface area contributed by atoms with Gasteiger partial charge >= 0.3 is 0 Å². The fourth-order valence-corrected chi connectivity index (χ4v) is 3.42. The lowest BCUT2D eigenvalue weighted by molar-refractivity contribution is 0.539. The molecule has 106 valence electrons. The highest BCUT2D eigenvalue weighted by molar-refractivity contribution is 7.98. The molecule has 2 heterocycles. The second kappa shape index (κ2) is 5.92. The molecule has 3 nitrogen and oxygen atoms in total. The van der Waals surface area contributed by atoms with E-state index in [-0.39, 0.29) is 0 Å². The Hall–Kier alpha value is -1.42. The van der Waals surface area contributed by atoms with Crippen LogP contribution in [0.15, 0.2) is 30.7 Å². The number of thioether (sulfide) groups is 1. The van der Waals surface area contributed by atoms with Gasteiger partial charge in [-0.05, 0) is 37.3 Å². The van der Waals surface area contributed by atoms with Crippen molar-refractivity contribution in [3.8, 4) is 11.3 Å². The van der Waals surface area contributed by atoms with E-state index in [1.54, 1.807) is 0 Å². The van der Waals surface area contributed by atoms with E-state index in [1.807, 2.05) is 24.3 Å². The van der Waals surface area contributed by atoms with Crippen LogP contribution in [0.25, 0.3) is 11.3 Å². The number of anilines is 1. The van der Waals surface area contributed by atoms with Crippen molar-refractivity contribution < 1.29 is 0 Å². The van der Waals surface area contributed by atoms with Gasteiger partial charge in [-0.15, -0.1) is 0 Å². The van der Waals surface area contributed by atoms with Crippen molar-refractivity contribution in [2.24, 2.45) is 0 Å². The molecular formula is C16H21N3S. The molecule has 0 bridgehead atoms. The molecule has 0 saturated carbocycles. The van der Waals surface area contributed by atoms with Crippen LogP contribution in [-0.4, -0.2) is 28.1 Å². The molecule has 1 aromatic carbocycles. The van der Waals surface area contributed by atoms with Crippen LogP contribution in [0.2, 0.25) is 0 Å². The lowest BCUT2D eigenvalue weighted by Crippen LogP contribution is -2.07. The predicted molar refractivity (Wildman–Crippen MR) is 87.6 cm³/mol. The minimum Gasteiger partial charge on any atom is -0.384 e. The third-order valence-corrected chi connectivity index (χ3v) is 4.65. The molecule has 0 radical (unpaired) electrons. The molecule has 20 heavy (non-hydrogen) atoms. The highest BCUT2D eigenvalue weighted by Gasteiger charge is 2.18. The summed E-state index contributed by atoms with van der Waals surface area (Å²) < 4.78 is 2.31. The van der Waals surface area contributed by atoms with Gasteiger partial charge in [0.2, 0.25) is 0 Å². The third-order valence-electron chi connectivity index (χ3n) is 4.00. The maximum atomic E-state index is 4.38. The molecule has 1 unspecified atom stereocenters. The van der Waals surface area contributed by atoms with Crippen LogP contribution in [0.1, 0.15) is 24.9 Å². The molecule has 1 aliphatic heterocycles. The van der Waals surface area contributed by atoms with Gasteiger partial charge < -0.3 is 9.88 Å². The molecule has 3 rings (SSSR count). The zero-order valence-electron chi connectivity index (χ0n) is 12.1. The summed E-state index contributed by atoms with van der Waals surface area (Å²) in [6.45, 7) is 3.32. The van der Waals surface area contributed by atoms with Crippen LogP contribution in [0.4, 0.5) is 5.69 Å². The van der Waals surface area contributed by atoms with Crippen LogP contribution >= 0.6 is 11.8 Å². The Morgan fingerprint density at radius 2 is 2.35 bits per heavy atom. The SMILES string of the molecule is CSCCC(C)n1cncc1-c1cccc2c1NCC2. The monoisotopic (exact) mass is 287 g/mol. The smallest absolute Gasteiger partial charge is 0.0953 e. The quantitative estimate of drug-likeness (QED) is 0.906. The van der Waals surface area contributed by atoms with Gasteiger partial charge in [-0.25, -0.2) is 4.98 Å². The molecule has 1 atom stereocenters. The highest BCUT2D eigenvalue weighted by Crippen LogP contribution is 2.35. The van der Waals surface area contributed by atoms with Crippen molar-refractivity contribution in [1.82, 2.24) is 9.55 Å². The van der Waals surface area contributed by atoms with Gasteiger partial charge in [0.1, 0.15) is 0 Å². The molecule has 2 aromatic rings. The second-order valence-electron chi connectivity index (χ2n) is 5.33. The molecule has 0 aliphatic carbocycles. The number of aromatic nitrogens is 2. The topological polar surface area (TPSA) is 29.9 Å². The van der Waals surface area contributed by atoms with Crippen LogP contribution in [0, 0.1) is 0 Å². The summed E-state index contributed by atoms with van der Waals surface area (Å²) in [5.41, 5.74) is 5.23. The largest absolute Gasteiger partial charge is 0.384 e. The van der Waals surface area contributed by atoms with E-state index in [0.717, 1.165) is 13.0 Å². The first-order valence-corrected chi connectivity index (χ1v) is 8.57. The summed E-state index contributed by atoms with van der Waals surface area (Å²) in [5.74, 6) is 1.18. The van der Waals surface area contributed by atoms with E-state index >= 15 is 0 Å². The van der Waals surface area contributed by atoms with Gasteiger partial charge in [0.05, 0.1) is 18.2 Å². The van der Waals surface area contributed by atoms with Crippen molar-refractivity contribution in [3.63, 3.8) is 0 Å². The molecule has 0 saturated heterocycles. The fraction of sp³-hybridized carbons (Fsp3) is 0.438. The van der Waals surface area contributed by atoms with Gasteiger partial charge in [-0.2, -0.15) is 11.8 Å².